The van der Waals surface area contributed by atoms with Gasteiger partial charge in [-0.25, -0.2) is 5.32 Å². The summed E-state index contributed by atoms with van der Waals surface area (Å²) in [5.74, 6) is 0.816. The maximum Gasteiger partial charge on any atom is 0.219 e. The summed E-state index contributed by atoms with van der Waals surface area (Å²) in [6.07, 6.45) is 4.12. The molecule has 3 heteroatoms. The average Bonchev–Trinajstić information content (AvgIpc) is 2.16. The Labute approximate surface area is 73.9 Å². The highest BCUT2D eigenvalue weighted by Crippen LogP contribution is 2.16. The van der Waals surface area contributed by atoms with Crippen molar-refractivity contribution in [1.82, 2.24) is 10.6 Å². The molecule has 1 atom stereocenters. The smallest absolute Gasteiger partial charge is 0.219 e. The van der Waals surface area contributed by atoms with Crippen LogP contribution in [0.5, 0.6) is 0 Å². The molecule has 0 aromatic rings. The van der Waals surface area contributed by atoms with Crippen molar-refractivity contribution >= 4 is 5.91 Å². The Morgan fingerprint density at radius 3 is 3.08 bits per heavy atom. The minimum atomic E-state index is 0.153. The van der Waals surface area contributed by atoms with Gasteiger partial charge in [-0.15, -0.1) is 0 Å². The Morgan fingerprint density at radius 2 is 2.50 bits per heavy atom. The topological polar surface area (TPSA) is 43.2 Å². The molecule has 1 N–H and O–H groups in total. The Balaban J connectivity index is 2.09. The molecule has 0 saturated carbocycles. The summed E-state index contributed by atoms with van der Waals surface area (Å²) in [5, 5.41) is 6.97. The van der Waals surface area contributed by atoms with Crippen LogP contribution in [0.2, 0.25) is 0 Å². The third-order valence-corrected chi connectivity index (χ3v) is 2.37. The lowest BCUT2D eigenvalue weighted by molar-refractivity contribution is -0.120. The highest BCUT2D eigenvalue weighted by molar-refractivity contribution is 5.75. The molecule has 0 aliphatic carbocycles. The molecule has 0 bridgehead atoms. The molecule has 1 amide bonds. The van der Waals surface area contributed by atoms with Crippen LogP contribution in [0.4, 0.5) is 0 Å². The Morgan fingerprint density at radius 1 is 1.67 bits per heavy atom. The van der Waals surface area contributed by atoms with Crippen LogP contribution in [0.15, 0.2) is 0 Å². The van der Waals surface area contributed by atoms with Crippen LogP contribution in [0.25, 0.3) is 0 Å². The maximum atomic E-state index is 10.9. The first-order valence-corrected chi connectivity index (χ1v) is 4.66. The van der Waals surface area contributed by atoms with E-state index in [1.54, 1.807) is 7.05 Å². The van der Waals surface area contributed by atoms with Gasteiger partial charge >= 0.3 is 0 Å². The predicted molar refractivity (Wildman–Crippen MR) is 47.9 cm³/mol. The van der Waals surface area contributed by atoms with Gasteiger partial charge in [-0.3, -0.25) is 4.79 Å². The van der Waals surface area contributed by atoms with Gasteiger partial charge in [0.2, 0.25) is 5.91 Å². The second-order valence-electron chi connectivity index (χ2n) is 3.35. The van der Waals surface area contributed by atoms with E-state index < -0.39 is 0 Å². The lowest BCUT2D eigenvalue weighted by atomic mass is 9.95. The molecule has 1 heterocycles. The van der Waals surface area contributed by atoms with Gasteiger partial charge in [-0.2, -0.15) is 0 Å². The molecule has 0 aromatic heterocycles. The molecule has 0 aromatic carbocycles. The zero-order valence-electron chi connectivity index (χ0n) is 7.68. The predicted octanol–water partition coefficient (Wildman–Crippen LogP) is 0.527. The molecule has 0 spiro atoms. The largest absolute Gasteiger partial charge is 0.359 e. The van der Waals surface area contributed by atoms with Crippen LogP contribution >= 0.6 is 0 Å². The van der Waals surface area contributed by atoms with Crippen LogP contribution < -0.4 is 10.6 Å². The van der Waals surface area contributed by atoms with E-state index in [1.165, 1.54) is 12.8 Å². The first-order valence-electron chi connectivity index (χ1n) is 4.66. The fourth-order valence-corrected chi connectivity index (χ4v) is 1.55. The molecule has 1 radical (unpaired) electrons. The standard InChI is InChI=1S/C9H17N2O/c1-10-9(12)5-4-8-3-2-6-11-7-8/h8H,2-7H2,1H3,(H,10,12). The van der Waals surface area contributed by atoms with Crippen LogP contribution in [0.1, 0.15) is 25.7 Å². The molecule has 69 valence electrons. The summed E-state index contributed by atoms with van der Waals surface area (Å²) >= 11 is 0. The molecular formula is C9H17N2O. The van der Waals surface area contributed by atoms with Gasteiger partial charge in [0.05, 0.1) is 0 Å². The van der Waals surface area contributed by atoms with E-state index in [2.05, 4.69) is 10.6 Å². The maximum absolute atomic E-state index is 10.9. The Hall–Kier alpha value is -0.570. The normalized spacial score (nSPS) is 23.6. The molecule has 1 rings (SSSR count). The molecule has 1 fully saturated rings. The SMILES string of the molecule is CNC(=O)CCC1CCC[N]C1. The van der Waals surface area contributed by atoms with Crippen LogP contribution in [-0.4, -0.2) is 26.0 Å². The molecule has 1 saturated heterocycles. The summed E-state index contributed by atoms with van der Waals surface area (Å²) in [5.41, 5.74) is 0. The minimum absolute atomic E-state index is 0.153. The second-order valence-corrected chi connectivity index (χ2v) is 3.35. The number of piperidine rings is 1. The van der Waals surface area contributed by atoms with Crippen molar-refractivity contribution in [2.24, 2.45) is 5.92 Å². The van der Waals surface area contributed by atoms with Crippen molar-refractivity contribution in [3.05, 3.63) is 0 Å². The number of rotatable bonds is 3. The molecule has 1 unspecified atom stereocenters. The van der Waals surface area contributed by atoms with Gasteiger partial charge in [-0.05, 0) is 25.2 Å². The van der Waals surface area contributed by atoms with Crippen molar-refractivity contribution in [1.29, 1.82) is 0 Å². The van der Waals surface area contributed by atoms with E-state index >= 15 is 0 Å². The Kier molecular flexibility index (Phi) is 4.08. The highest BCUT2D eigenvalue weighted by Gasteiger charge is 2.14. The first-order chi connectivity index (χ1) is 5.83. The lowest BCUT2D eigenvalue weighted by Crippen LogP contribution is -2.26. The van der Waals surface area contributed by atoms with Crippen molar-refractivity contribution < 1.29 is 4.79 Å². The van der Waals surface area contributed by atoms with Gasteiger partial charge in [0.15, 0.2) is 0 Å². The van der Waals surface area contributed by atoms with Crippen molar-refractivity contribution in [2.45, 2.75) is 25.7 Å². The van der Waals surface area contributed by atoms with Gasteiger partial charge in [0.1, 0.15) is 0 Å². The average molecular weight is 169 g/mol. The van der Waals surface area contributed by atoms with Gasteiger partial charge in [0.25, 0.3) is 0 Å². The number of amides is 1. The van der Waals surface area contributed by atoms with Gasteiger partial charge in [0, 0.05) is 26.6 Å². The number of nitrogens with zero attached hydrogens (tertiary/aromatic N) is 1. The number of nitrogens with one attached hydrogen (secondary N) is 1. The zero-order valence-corrected chi connectivity index (χ0v) is 7.68. The highest BCUT2D eigenvalue weighted by atomic mass is 16.1. The Bertz CT molecular complexity index is 141. The fraction of sp³-hybridized carbons (Fsp3) is 0.889. The van der Waals surface area contributed by atoms with Crippen molar-refractivity contribution in [3.8, 4) is 0 Å². The summed E-state index contributed by atoms with van der Waals surface area (Å²) in [4.78, 5) is 10.9. The minimum Gasteiger partial charge on any atom is -0.359 e. The molecular weight excluding hydrogens is 152 g/mol. The van der Waals surface area contributed by atoms with E-state index in [1.807, 2.05) is 0 Å². The summed E-state index contributed by atoms with van der Waals surface area (Å²) in [6.45, 7) is 1.99. The van der Waals surface area contributed by atoms with Crippen molar-refractivity contribution in [2.75, 3.05) is 20.1 Å². The van der Waals surface area contributed by atoms with Gasteiger partial charge < -0.3 is 5.32 Å². The third-order valence-electron chi connectivity index (χ3n) is 2.37. The molecule has 1 aliphatic heterocycles. The van der Waals surface area contributed by atoms with Gasteiger partial charge in [-0.1, -0.05) is 0 Å². The fourth-order valence-electron chi connectivity index (χ4n) is 1.55. The van der Waals surface area contributed by atoms with E-state index in [9.17, 15) is 4.79 Å². The molecule has 1 aliphatic rings. The quantitative estimate of drug-likeness (QED) is 0.658. The summed E-state index contributed by atoms with van der Waals surface area (Å²) in [6, 6.07) is 0. The van der Waals surface area contributed by atoms with E-state index in [0.29, 0.717) is 12.3 Å². The molecule has 3 nitrogen and oxygen atoms in total. The van der Waals surface area contributed by atoms with Crippen LogP contribution in [-0.2, 0) is 4.79 Å². The number of carbonyl (C=O) groups excluding carboxylic acids is 1. The van der Waals surface area contributed by atoms with E-state index in [4.69, 9.17) is 0 Å². The number of carbonyl (C=O) groups is 1. The summed E-state index contributed by atoms with van der Waals surface area (Å²) in [7, 11) is 1.69. The monoisotopic (exact) mass is 169 g/mol. The zero-order chi connectivity index (χ0) is 8.81. The molecule has 12 heavy (non-hydrogen) atoms. The first kappa shape index (κ1) is 9.52. The van der Waals surface area contributed by atoms with Crippen LogP contribution in [0, 0.1) is 5.92 Å². The third kappa shape index (κ3) is 3.22. The van der Waals surface area contributed by atoms with Crippen molar-refractivity contribution in [3.63, 3.8) is 0 Å². The van der Waals surface area contributed by atoms with E-state index in [0.717, 1.165) is 19.5 Å². The number of hydrogen-bond donors (Lipinski definition) is 1. The summed E-state index contributed by atoms with van der Waals surface area (Å²) < 4.78 is 0. The second kappa shape index (κ2) is 5.14. The lowest BCUT2D eigenvalue weighted by Gasteiger charge is -2.20. The number of hydrogen-bond acceptors (Lipinski definition) is 1. The van der Waals surface area contributed by atoms with E-state index in [-0.39, 0.29) is 5.91 Å². The van der Waals surface area contributed by atoms with Crippen LogP contribution in [0.3, 0.4) is 0 Å².